The van der Waals surface area contributed by atoms with E-state index in [9.17, 15) is 0 Å². The molecule has 0 amide bonds. The molecule has 0 bridgehead atoms. The third-order valence-electron chi connectivity index (χ3n) is 1.21. The number of hydrogen-bond donors (Lipinski definition) is 0. The first-order valence-electron chi connectivity index (χ1n) is 2.86. The fraction of sp³-hybridized carbons (Fsp3) is 0.833. The Bertz CT molecular complexity index is 30.0. The van der Waals surface area contributed by atoms with E-state index in [2.05, 4.69) is 25.7 Å². The molecular weight excluding hydrogens is 93.0 g/mol. The summed E-state index contributed by atoms with van der Waals surface area (Å²) in [6.07, 6.45) is 0. The molecule has 0 saturated heterocycles. The molecule has 1 nitrogen and oxygen atoms in total. The summed E-state index contributed by atoms with van der Waals surface area (Å²) >= 11 is 0. The third-order valence-corrected chi connectivity index (χ3v) is 1.21. The van der Waals surface area contributed by atoms with Gasteiger partial charge in [-0.3, -0.25) is 0 Å². The van der Waals surface area contributed by atoms with Gasteiger partial charge in [-0.15, -0.1) is 0 Å². The average Bonchev–Trinajstić information content (AvgIpc) is 1.72. The Kier molecular flexibility index (Phi) is 10.7. The molecule has 0 aliphatic carbocycles. The summed E-state index contributed by atoms with van der Waals surface area (Å²) in [7, 11) is 0. The van der Waals surface area contributed by atoms with E-state index in [1.807, 2.05) is 0 Å². The van der Waals surface area contributed by atoms with Gasteiger partial charge in [-0.1, -0.05) is 13.8 Å². The molecule has 0 fully saturated rings. The predicted molar refractivity (Wildman–Crippen MR) is 40.3 cm³/mol. The Labute approximate surface area is 64.6 Å². The second kappa shape index (κ2) is 7.56. The Hall–Kier alpha value is 0.557. The van der Waals surface area contributed by atoms with E-state index in [-0.39, 0.29) is 18.9 Å². The molecule has 0 aliphatic rings. The molecule has 1 radical (unpaired) electrons. The maximum absolute atomic E-state index is 3.75. The zero-order chi connectivity index (χ0) is 5.70. The van der Waals surface area contributed by atoms with Crippen LogP contribution >= 0.6 is 0 Å². The van der Waals surface area contributed by atoms with Crippen molar-refractivity contribution in [3.05, 3.63) is 6.92 Å². The molecule has 0 aromatic heterocycles. The van der Waals surface area contributed by atoms with Gasteiger partial charge in [0.1, 0.15) is 0 Å². The summed E-state index contributed by atoms with van der Waals surface area (Å²) in [5.41, 5.74) is 0. The van der Waals surface area contributed by atoms with E-state index >= 15 is 0 Å². The van der Waals surface area contributed by atoms with E-state index in [1.165, 1.54) is 0 Å². The second-order valence-corrected chi connectivity index (χ2v) is 1.53. The van der Waals surface area contributed by atoms with Crippen LogP contribution in [0.25, 0.3) is 0 Å². The van der Waals surface area contributed by atoms with Crippen LogP contribution in [0, 0.1) is 6.92 Å². The molecule has 0 unspecified atom stereocenters. The van der Waals surface area contributed by atoms with Crippen molar-refractivity contribution in [3.63, 3.8) is 0 Å². The minimum absolute atomic E-state index is 0. The normalized spacial score (nSPS) is 9.00. The molecule has 0 aromatic carbocycles. The molecule has 45 valence electrons. The van der Waals surface area contributed by atoms with E-state index in [4.69, 9.17) is 0 Å². The monoisotopic (exact) mass is 108 g/mol. The molecule has 0 rings (SSSR count). The average molecular weight is 108 g/mol. The molecule has 0 aliphatic heterocycles. The van der Waals surface area contributed by atoms with Crippen molar-refractivity contribution in [2.75, 3.05) is 19.6 Å². The van der Waals surface area contributed by atoms with Gasteiger partial charge in [0, 0.05) is 0 Å². The van der Waals surface area contributed by atoms with Gasteiger partial charge in [0.05, 0.1) is 0 Å². The Balaban J connectivity index is 0. The van der Waals surface area contributed by atoms with Crippen molar-refractivity contribution in [3.8, 4) is 0 Å². The summed E-state index contributed by atoms with van der Waals surface area (Å²) in [6.45, 7) is 11.2. The van der Waals surface area contributed by atoms with Crippen molar-refractivity contribution in [1.29, 1.82) is 0 Å². The van der Waals surface area contributed by atoms with Gasteiger partial charge < -0.3 is 4.90 Å². The van der Waals surface area contributed by atoms with Gasteiger partial charge in [0.2, 0.25) is 0 Å². The second-order valence-electron chi connectivity index (χ2n) is 1.53. The van der Waals surface area contributed by atoms with Crippen LogP contribution < -0.4 is 0 Å². The zero-order valence-electron chi connectivity index (χ0n) is 5.28. The van der Waals surface area contributed by atoms with Gasteiger partial charge in [0.25, 0.3) is 0 Å². The summed E-state index contributed by atoms with van der Waals surface area (Å²) < 4.78 is 0. The molecule has 0 saturated carbocycles. The molecule has 0 aromatic rings. The number of rotatable bonds is 3. The van der Waals surface area contributed by atoms with E-state index in [0.717, 1.165) is 19.6 Å². The summed E-state index contributed by atoms with van der Waals surface area (Å²) in [5.74, 6) is 0. The van der Waals surface area contributed by atoms with Gasteiger partial charge >= 0.3 is 18.9 Å². The Morgan fingerprint density at radius 2 is 1.62 bits per heavy atom. The van der Waals surface area contributed by atoms with Gasteiger partial charge in [0.15, 0.2) is 0 Å². The number of hydrogen-bond acceptors (Lipinski definition) is 1. The van der Waals surface area contributed by atoms with E-state index in [1.54, 1.807) is 0 Å². The van der Waals surface area contributed by atoms with Gasteiger partial charge in [-0.25, -0.2) is 0 Å². The van der Waals surface area contributed by atoms with Crippen molar-refractivity contribution >= 4 is 18.9 Å². The van der Waals surface area contributed by atoms with Crippen molar-refractivity contribution < 1.29 is 0 Å². The Morgan fingerprint density at radius 1 is 1.25 bits per heavy atom. The molecule has 0 spiro atoms. The SMILES string of the molecule is [CH2]CN(CC)CC.[LiH]. The van der Waals surface area contributed by atoms with Crippen LogP contribution in [-0.4, -0.2) is 43.4 Å². The molecular formula is C6H15LiN. The molecule has 8 heavy (non-hydrogen) atoms. The summed E-state index contributed by atoms with van der Waals surface area (Å²) in [4.78, 5) is 2.26. The first-order chi connectivity index (χ1) is 3.35. The van der Waals surface area contributed by atoms with Crippen molar-refractivity contribution in [2.24, 2.45) is 0 Å². The molecule has 0 atom stereocenters. The molecule has 0 heterocycles. The fourth-order valence-electron chi connectivity index (χ4n) is 0.540. The molecule has 2 heteroatoms. The summed E-state index contributed by atoms with van der Waals surface area (Å²) in [5, 5.41) is 0. The van der Waals surface area contributed by atoms with Crippen molar-refractivity contribution in [2.45, 2.75) is 13.8 Å². The first-order valence-corrected chi connectivity index (χ1v) is 2.86. The van der Waals surface area contributed by atoms with Crippen LogP contribution in [0.4, 0.5) is 0 Å². The molecule has 0 N–H and O–H groups in total. The Morgan fingerprint density at radius 3 is 1.62 bits per heavy atom. The topological polar surface area (TPSA) is 3.24 Å². The van der Waals surface area contributed by atoms with E-state index < -0.39 is 0 Å². The van der Waals surface area contributed by atoms with Gasteiger partial charge in [-0.05, 0) is 26.6 Å². The van der Waals surface area contributed by atoms with Crippen LogP contribution in [0.2, 0.25) is 0 Å². The van der Waals surface area contributed by atoms with Crippen LogP contribution in [0.15, 0.2) is 0 Å². The predicted octanol–water partition coefficient (Wildman–Crippen LogP) is 0.514. The zero-order valence-corrected chi connectivity index (χ0v) is 5.28. The standard InChI is InChI=1S/C6H14N.Li.H/c1-4-7(5-2)6-3;;/h1,4-6H2,2-3H3;;. The van der Waals surface area contributed by atoms with Crippen LogP contribution in [0.1, 0.15) is 13.8 Å². The van der Waals surface area contributed by atoms with Gasteiger partial charge in [-0.2, -0.15) is 0 Å². The first kappa shape index (κ1) is 11.4. The quantitative estimate of drug-likeness (QED) is 0.476. The minimum atomic E-state index is 0. The van der Waals surface area contributed by atoms with Crippen LogP contribution in [0.5, 0.6) is 0 Å². The third kappa shape index (κ3) is 4.71. The summed E-state index contributed by atoms with van der Waals surface area (Å²) in [6, 6.07) is 0. The van der Waals surface area contributed by atoms with E-state index in [0.29, 0.717) is 0 Å². The fourth-order valence-corrected chi connectivity index (χ4v) is 0.540. The van der Waals surface area contributed by atoms with Crippen LogP contribution in [-0.2, 0) is 0 Å². The number of nitrogens with zero attached hydrogens (tertiary/aromatic N) is 1. The van der Waals surface area contributed by atoms with Crippen molar-refractivity contribution in [1.82, 2.24) is 4.90 Å². The maximum atomic E-state index is 3.75. The van der Waals surface area contributed by atoms with Crippen LogP contribution in [0.3, 0.4) is 0 Å².